The Balaban J connectivity index is 1.74. The van der Waals surface area contributed by atoms with Crippen molar-refractivity contribution in [3.8, 4) is 0 Å². The van der Waals surface area contributed by atoms with Gasteiger partial charge in [0.15, 0.2) is 4.73 Å². The van der Waals surface area contributed by atoms with Gasteiger partial charge in [0.1, 0.15) is 0 Å². The van der Waals surface area contributed by atoms with Gasteiger partial charge in [0.25, 0.3) is 0 Å². The largest absolute Gasteiger partial charge is 0.326 e. The summed E-state index contributed by atoms with van der Waals surface area (Å²) in [6.07, 6.45) is 23.8. The molecular formula is C19H35BrN2. The summed E-state index contributed by atoms with van der Waals surface area (Å²) in [6.45, 7) is 3.38. The minimum absolute atomic E-state index is 0.960. The van der Waals surface area contributed by atoms with Crippen LogP contribution in [-0.4, -0.2) is 9.55 Å². The highest BCUT2D eigenvalue weighted by atomic mass is 79.9. The van der Waals surface area contributed by atoms with E-state index in [4.69, 9.17) is 0 Å². The molecule has 0 amide bonds. The van der Waals surface area contributed by atoms with E-state index in [0.29, 0.717) is 0 Å². The zero-order chi connectivity index (χ0) is 15.9. The molecule has 1 rings (SSSR count). The van der Waals surface area contributed by atoms with Crippen LogP contribution in [-0.2, 0) is 6.54 Å². The van der Waals surface area contributed by atoms with Crippen LogP contribution >= 0.6 is 15.9 Å². The molecule has 0 N–H and O–H groups in total. The monoisotopic (exact) mass is 370 g/mol. The van der Waals surface area contributed by atoms with E-state index in [0.717, 1.165) is 11.3 Å². The average Bonchev–Trinajstić information content (AvgIpc) is 2.93. The van der Waals surface area contributed by atoms with Gasteiger partial charge >= 0.3 is 0 Å². The highest BCUT2D eigenvalue weighted by Crippen LogP contribution is 2.14. The van der Waals surface area contributed by atoms with Crippen molar-refractivity contribution in [2.45, 2.75) is 103 Å². The summed E-state index contributed by atoms with van der Waals surface area (Å²) in [4.78, 5) is 4.18. The standard InChI is InChI=1S/C19H35BrN2/c1-2-3-4-5-6-7-8-9-10-11-12-13-14-15-17-22-18-16-21-19(22)20/h16,18H,2-15,17H2,1H3. The minimum atomic E-state index is 0.960. The number of aromatic nitrogens is 2. The maximum atomic E-state index is 4.18. The first kappa shape index (κ1) is 19.7. The summed E-state index contributed by atoms with van der Waals surface area (Å²) in [5, 5.41) is 0. The Hall–Kier alpha value is -0.310. The average molecular weight is 371 g/mol. The number of imidazole rings is 1. The van der Waals surface area contributed by atoms with Crippen LogP contribution in [0.15, 0.2) is 17.1 Å². The molecule has 2 nitrogen and oxygen atoms in total. The normalized spacial score (nSPS) is 11.2. The molecule has 0 aliphatic heterocycles. The van der Waals surface area contributed by atoms with Crippen LogP contribution in [0.5, 0.6) is 0 Å². The molecule has 0 bridgehead atoms. The first-order valence-corrected chi connectivity index (χ1v) is 10.3. The molecule has 0 saturated heterocycles. The maximum absolute atomic E-state index is 4.18. The molecule has 0 unspecified atom stereocenters. The van der Waals surface area contributed by atoms with E-state index in [1.54, 1.807) is 0 Å². The van der Waals surface area contributed by atoms with E-state index in [9.17, 15) is 0 Å². The van der Waals surface area contributed by atoms with E-state index in [1.807, 2.05) is 12.4 Å². The Kier molecular flexibility index (Phi) is 12.8. The van der Waals surface area contributed by atoms with Crippen LogP contribution in [0.25, 0.3) is 0 Å². The van der Waals surface area contributed by atoms with Crippen molar-refractivity contribution in [1.82, 2.24) is 9.55 Å². The van der Waals surface area contributed by atoms with Gasteiger partial charge in [-0.15, -0.1) is 0 Å². The third kappa shape index (κ3) is 10.4. The highest BCUT2D eigenvalue weighted by Gasteiger charge is 1.98. The maximum Gasteiger partial charge on any atom is 0.177 e. The van der Waals surface area contributed by atoms with Crippen molar-refractivity contribution in [3.05, 3.63) is 17.1 Å². The number of halogens is 1. The van der Waals surface area contributed by atoms with Gasteiger partial charge in [0, 0.05) is 18.9 Å². The Morgan fingerprint density at radius 3 is 1.64 bits per heavy atom. The lowest BCUT2D eigenvalue weighted by atomic mass is 10.0. The molecule has 0 spiro atoms. The van der Waals surface area contributed by atoms with E-state index in [1.165, 1.54) is 89.9 Å². The molecule has 3 heteroatoms. The van der Waals surface area contributed by atoms with Crippen LogP contribution < -0.4 is 0 Å². The molecule has 1 aromatic rings. The van der Waals surface area contributed by atoms with E-state index < -0.39 is 0 Å². The second kappa shape index (κ2) is 14.3. The number of nitrogens with zero attached hydrogens (tertiary/aromatic N) is 2. The third-order valence-electron chi connectivity index (χ3n) is 4.42. The second-order valence-electron chi connectivity index (χ2n) is 6.49. The lowest BCUT2D eigenvalue weighted by Gasteiger charge is -2.04. The van der Waals surface area contributed by atoms with Gasteiger partial charge in [-0.3, -0.25) is 0 Å². The SMILES string of the molecule is CCCCCCCCCCCCCCCCn1ccnc1Br. The summed E-state index contributed by atoms with van der Waals surface area (Å²) >= 11 is 3.46. The quantitative estimate of drug-likeness (QED) is 0.300. The van der Waals surface area contributed by atoms with Crippen LogP contribution in [0.2, 0.25) is 0 Å². The molecular weight excluding hydrogens is 336 g/mol. The van der Waals surface area contributed by atoms with Gasteiger partial charge in [-0.25, -0.2) is 4.98 Å². The molecule has 0 radical (unpaired) electrons. The molecule has 0 atom stereocenters. The molecule has 0 aliphatic rings. The van der Waals surface area contributed by atoms with Gasteiger partial charge in [0.2, 0.25) is 0 Å². The van der Waals surface area contributed by atoms with Gasteiger partial charge in [-0.05, 0) is 22.4 Å². The zero-order valence-electron chi connectivity index (χ0n) is 14.5. The van der Waals surface area contributed by atoms with Crippen molar-refractivity contribution >= 4 is 15.9 Å². The number of unbranched alkanes of at least 4 members (excludes halogenated alkanes) is 13. The number of rotatable bonds is 15. The molecule has 1 aromatic heterocycles. The van der Waals surface area contributed by atoms with Crippen molar-refractivity contribution in [1.29, 1.82) is 0 Å². The molecule has 0 aromatic carbocycles. The highest BCUT2D eigenvalue weighted by molar-refractivity contribution is 9.10. The van der Waals surface area contributed by atoms with Crippen LogP contribution in [0, 0.1) is 0 Å². The van der Waals surface area contributed by atoms with E-state index >= 15 is 0 Å². The molecule has 0 aliphatic carbocycles. The first-order valence-electron chi connectivity index (χ1n) is 9.51. The number of hydrogen-bond donors (Lipinski definition) is 0. The Bertz CT molecular complexity index is 349. The summed E-state index contributed by atoms with van der Waals surface area (Å²) in [5.41, 5.74) is 0. The first-order chi connectivity index (χ1) is 10.8. The lowest BCUT2D eigenvalue weighted by molar-refractivity contribution is 0.522. The number of aryl methyl sites for hydroxylation is 1. The number of hydrogen-bond acceptors (Lipinski definition) is 1. The summed E-state index contributed by atoms with van der Waals surface area (Å²) in [6, 6.07) is 0. The molecule has 128 valence electrons. The predicted molar refractivity (Wildman–Crippen MR) is 100 cm³/mol. The van der Waals surface area contributed by atoms with Gasteiger partial charge in [-0.1, -0.05) is 90.4 Å². The zero-order valence-corrected chi connectivity index (χ0v) is 16.1. The summed E-state index contributed by atoms with van der Waals surface area (Å²) in [7, 11) is 0. The topological polar surface area (TPSA) is 17.8 Å². The smallest absolute Gasteiger partial charge is 0.177 e. The minimum Gasteiger partial charge on any atom is -0.326 e. The lowest BCUT2D eigenvalue weighted by Crippen LogP contribution is -1.96. The van der Waals surface area contributed by atoms with Crippen molar-refractivity contribution < 1.29 is 0 Å². The van der Waals surface area contributed by atoms with Gasteiger partial charge < -0.3 is 4.57 Å². The molecule has 0 saturated carbocycles. The Labute approximate surface area is 146 Å². The summed E-state index contributed by atoms with van der Waals surface area (Å²) in [5.74, 6) is 0. The predicted octanol–water partition coefficient (Wildman–Crippen LogP) is 7.13. The molecule has 1 heterocycles. The van der Waals surface area contributed by atoms with Crippen molar-refractivity contribution in [3.63, 3.8) is 0 Å². The fourth-order valence-corrected chi connectivity index (χ4v) is 3.37. The third-order valence-corrected chi connectivity index (χ3v) is 5.08. The van der Waals surface area contributed by atoms with Gasteiger partial charge in [0.05, 0.1) is 0 Å². The fraction of sp³-hybridized carbons (Fsp3) is 0.842. The van der Waals surface area contributed by atoms with Crippen molar-refractivity contribution in [2.24, 2.45) is 0 Å². The second-order valence-corrected chi connectivity index (χ2v) is 7.20. The fourth-order valence-electron chi connectivity index (χ4n) is 2.95. The van der Waals surface area contributed by atoms with E-state index in [-0.39, 0.29) is 0 Å². The Morgan fingerprint density at radius 1 is 0.773 bits per heavy atom. The van der Waals surface area contributed by atoms with Crippen LogP contribution in [0.3, 0.4) is 0 Å². The molecule has 22 heavy (non-hydrogen) atoms. The van der Waals surface area contributed by atoms with Gasteiger partial charge in [-0.2, -0.15) is 0 Å². The van der Waals surface area contributed by atoms with Crippen LogP contribution in [0.1, 0.15) is 96.8 Å². The Morgan fingerprint density at radius 2 is 1.23 bits per heavy atom. The molecule has 0 fully saturated rings. The van der Waals surface area contributed by atoms with E-state index in [2.05, 4.69) is 32.4 Å². The van der Waals surface area contributed by atoms with Crippen molar-refractivity contribution in [2.75, 3.05) is 0 Å². The summed E-state index contributed by atoms with van der Waals surface area (Å²) < 4.78 is 3.14. The van der Waals surface area contributed by atoms with Crippen LogP contribution in [0.4, 0.5) is 0 Å².